The van der Waals surface area contributed by atoms with Crippen LogP contribution in [0.4, 0.5) is 0 Å². The van der Waals surface area contributed by atoms with E-state index in [4.69, 9.17) is 4.74 Å². The van der Waals surface area contributed by atoms with Crippen molar-refractivity contribution in [3.05, 3.63) is 0 Å². The highest BCUT2D eigenvalue weighted by molar-refractivity contribution is 4.85. The van der Waals surface area contributed by atoms with E-state index in [0.29, 0.717) is 18.2 Å². The van der Waals surface area contributed by atoms with Crippen molar-refractivity contribution < 1.29 is 4.74 Å². The Bertz CT molecular complexity index is 168. The van der Waals surface area contributed by atoms with Gasteiger partial charge in [0.05, 0.1) is 12.7 Å². The first-order valence-corrected chi connectivity index (χ1v) is 5.88. The fourth-order valence-corrected chi connectivity index (χ4v) is 2.28. The summed E-state index contributed by atoms with van der Waals surface area (Å²) < 4.78 is 5.71. The highest BCUT2D eigenvalue weighted by Gasteiger charge is 2.31. The van der Waals surface area contributed by atoms with Crippen molar-refractivity contribution in [2.45, 2.75) is 59.2 Å². The lowest BCUT2D eigenvalue weighted by molar-refractivity contribution is 0.0299. The molecule has 0 aromatic carbocycles. The summed E-state index contributed by atoms with van der Waals surface area (Å²) >= 11 is 0. The second-order valence-corrected chi connectivity index (χ2v) is 5.17. The molecule has 2 heteroatoms. The molecule has 0 unspecified atom stereocenters. The first-order valence-electron chi connectivity index (χ1n) is 5.88. The van der Waals surface area contributed by atoms with Crippen LogP contribution in [-0.4, -0.2) is 36.2 Å². The lowest BCUT2D eigenvalue weighted by Gasteiger charge is -2.28. The topological polar surface area (TPSA) is 12.5 Å². The predicted molar refractivity (Wildman–Crippen MR) is 60.5 cm³/mol. The summed E-state index contributed by atoms with van der Waals surface area (Å²) in [6.45, 7) is 13.3. The van der Waals surface area contributed by atoms with Crippen LogP contribution in [0.25, 0.3) is 0 Å². The van der Waals surface area contributed by atoms with Crippen molar-refractivity contribution in [3.63, 3.8) is 0 Å². The number of hydrogen-bond acceptors (Lipinski definition) is 2. The molecule has 2 atom stereocenters. The molecule has 2 nitrogen and oxygen atoms in total. The van der Waals surface area contributed by atoms with E-state index in [1.54, 1.807) is 0 Å². The SMILES string of the molecule is CC(C)OC[C@@H]1C[C@@H](C)CN1C(C)C. The molecule has 1 aliphatic rings. The summed E-state index contributed by atoms with van der Waals surface area (Å²) in [5.74, 6) is 0.832. The first kappa shape index (κ1) is 12.0. The first-order chi connectivity index (χ1) is 6.50. The van der Waals surface area contributed by atoms with Crippen molar-refractivity contribution in [3.8, 4) is 0 Å². The van der Waals surface area contributed by atoms with Gasteiger partial charge in [0.15, 0.2) is 0 Å². The van der Waals surface area contributed by atoms with Crippen LogP contribution in [0, 0.1) is 5.92 Å². The van der Waals surface area contributed by atoms with Gasteiger partial charge in [-0.15, -0.1) is 0 Å². The molecule has 0 saturated carbocycles. The lowest BCUT2D eigenvalue weighted by Crippen LogP contribution is -2.38. The summed E-state index contributed by atoms with van der Waals surface area (Å²) in [7, 11) is 0. The van der Waals surface area contributed by atoms with E-state index in [1.807, 2.05) is 0 Å². The Morgan fingerprint density at radius 2 is 1.93 bits per heavy atom. The van der Waals surface area contributed by atoms with Gasteiger partial charge in [0.2, 0.25) is 0 Å². The smallest absolute Gasteiger partial charge is 0.0625 e. The summed E-state index contributed by atoms with van der Waals surface area (Å²) in [5.41, 5.74) is 0. The number of likely N-dealkylation sites (tertiary alicyclic amines) is 1. The van der Waals surface area contributed by atoms with Crippen molar-refractivity contribution in [2.24, 2.45) is 5.92 Å². The van der Waals surface area contributed by atoms with Crippen LogP contribution in [-0.2, 0) is 4.74 Å². The van der Waals surface area contributed by atoms with Gasteiger partial charge >= 0.3 is 0 Å². The minimum absolute atomic E-state index is 0.361. The molecule has 0 aromatic rings. The van der Waals surface area contributed by atoms with Gasteiger partial charge in [-0.25, -0.2) is 0 Å². The van der Waals surface area contributed by atoms with Crippen LogP contribution in [0.3, 0.4) is 0 Å². The highest BCUT2D eigenvalue weighted by atomic mass is 16.5. The molecule has 1 aliphatic heterocycles. The number of hydrogen-bond donors (Lipinski definition) is 0. The summed E-state index contributed by atoms with van der Waals surface area (Å²) in [4.78, 5) is 2.58. The Kier molecular flexibility index (Phi) is 4.39. The molecule has 1 fully saturated rings. The Hall–Kier alpha value is -0.0800. The Balaban J connectivity index is 2.41. The van der Waals surface area contributed by atoms with Crippen LogP contribution >= 0.6 is 0 Å². The van der Waals surface area contributed by atoms with Gasteiger partial charge in [0, 0.05) is 18.6 Å². The Labute approximate surface area is 88.6 Å². The van der Waals surface area contributed by atoms with E-state index < -0.39 is 0 Å². The monoisotopic (exact) mass is 199 g/mol. The van der Waals surface area contributed by atoms with E-state index in [0.717, 1.165) is 12.5 Å². The minimum Gasteiger partial charge on any atom is -0.377 e. The molecule has 0 radical (unpaired) electrons. The Morgan fingerprint density at radius 1 is 1.29 bits per heavy atom. The van der Waals surface area contributed by atoms with Gasteiger partial charge < -0.3 is 4.74 Å². The quantitative estimate of drug-likeness (QED) is 0.690. The second-order valence-electron chi connectivity index (χ2n) is 5.17. The zero-order valence-electron chi connectivity index (χ0n) is 10.3. The van der Waals surface area contributed by atoms with Gasteiger partial charge in [-0.3, -0.25) is 4.90 Å². The average Bonchev–Trinajstić information content (AvgIpc) is 2.43. The molecule has 84 valence electrons. The molecule has 0 aliphatic carbocycles. The van der Waals surface area contributed by atoms with Crippen molar-refractivity contribution in [1.29, 1.82) is 0 Å². The van der Waals surface area contributed by atoms with E-state index in [2.05, 4.69) is 39.5 Å². The van der Waals surface area contributed by atoms with Crippen LogP contribution in [0.2, 0.25) is 0 Å². The van der Waals surface area contributed by atoms with Crippen LogP contribution in [0.1, 0.15) is 41.0 Å². The third kappa shape index (κ3) is 3.25. The van der Waals surface area contributed by atoms with Crippen LogP contribution in [0.15, 0.2) is 0 Å². The highest BCUT2D eigenvalue weighted by Crippen LogP contribution is 2.25. The van der Waals surface area contributed by atoms with E-state index in [-0.39, 0.29) is 0 Å². The van der Waals surface area contributed by atoms with Gasteiger partial charge in [-0.1, -0.05) is 6.92 Å². The van der Waals surface area contributed by atoms with Crippen molar-refractivity contribution >= 4 is 0 Å². The molecule has 1 saturated heterocycles. The molecule has 14 heavy (non-hydrogen) atoms. The maximum atomic E-state index is 5.71. The third-order valence-corrected chi connectivity index (χ3v) is 2.95. The molecular weight excluding hydrogens is 174 g/mol. The fourth-order valence-electron chi connectivity index (χ4n) is 2.28. The second kappa shape index (κ2) is 5.13. The van der Waals surface area contributed by atoms with Gasteiger partial charge in [0.1, 0.15) is 0 Å². The summed E-state index contributed by atoms with van der Waals surface area (Å²) in [5, 5.41) is 0. The normalized spacial score (nSPS) is 29.4. The third-order valence-electron chi connectivity index (χ3n) is 2.95. The molecule has 0 aromatic heterocycles. The van der Waals surface area contributed by atoms with Crippen molar-refractivity contribution in [1.82, 2.24) is 4.90 Å². The predicted octanol–water partition coefficient (Wildman–Crippen LogP) is 2.53. The summed E-state index contributed by atoms with van der Waals surface area (Å²) in [6.07, 6.45) is 1.66. The van der Waals surface area contributed by atoms with Gasteiger partial charge in [-0.2, -0.15) is 0 Å². The lowest BCUT2D eigenvalue weighted by atomic mass is 10.1. The van der Waals surface area contributed by atoms with Gasteiger partial charge in [-0.05, 0) is 40.0 Å². The zero-order valence-corrected chi connectivity index (χ0v) is 10.3. The summed E-state index contributed by atoms with van der Waals surface area (Å²) in [6, 6.07) is 1.30. The van der Waals surface area contributed by atoms with Gasteiger partial charge in [0.25, 0.3) is 0 Å². The molecule has 1 rings (SSSR count). The molecule has 0 amide bonds. The van der Waals surface area contributed by atoms with Crippen molar-refractivity contribution in [2.75, 3.05) is 13.2 Å². The largest absolute Gasteiger partial charge is 0.377 e. The number of nitrogens with zero attached hydrogens (tertiary/aromatic N) is 1. The average molecular weight is 199 g/mol. The minimum atomic E-state index is 0.361. The molecular formula is C12H25NO. The zero-order chi connectivity index (χ0) is 10.7. The fraction of sp³-hybridized carbons (Fsp3) is 1.00. The molecule has 0 N–H and O–H groups in total. The molecule has 0 bridgehead atoms. The van der Waals surface area contributed by atoms with E-state index in [1.165, 1.54) is 13.0 Å². The van der Waals surface area contributed by atoms with Crippen LogP contribution < -0.4 is 0 Å². The maximum Gasteiger partial charge on any atom is 0.0625 e. The maximum absolute atomic E-state index is 5.71. The van der Waals surface area contributed by atoms with E-state index in [9.17, 15) is 0 Å². The number of rotatable bonds is 4. The standard InChI is InChI=1S/C12H25NO/c1-9(2)13-7-11(5)6-12(13)8-14-10(3)4/h9-12H,6-8H2,1-5H3/t11-,12+/m1/s1. The number of ether oxygens (including phenoxy) is 1. The van der Waals surface area contributed by atoms with Crippen LogP contribution in [0.5, 0.6) is 0 Å². The Morgan fingerprint density at radius 3 is 2.43 bits per heavy atom. The van der Waals surface area contributed by atoms with E-state index >= 15 is 0 Å². The molecule has 0 spiro atoms. The molecule has 1 heterocycles.